The van der Waals surface area contributed by atoms with E-state index in [1.807, 2.05) is 66.7 Å². The molecule has 0 saturated heterocycles. The number of hydrogen-bond acceptors (Lipinski definition) is 3. The van der Waals surface area contributed by atoms with E-state index in [1.54, 1.807) is 0 Å². The quantitative estimate of drug-likeness (QED) is 0.708. The summed E-state index contributed by atoms with van der Waals surface area (Å²) < 4.78 is 5.74. The zero-order valence-corrected chi connectivity index (χ0v) is 13.9. The third-order valence-electron chi connectivity index (χ3n) is 4.08. The number of hydrogen-bond donors (Lipinski definition) is 3. The molecule has 0 aromatic heterocycles. The van der Waals surface area contributed by atoms with Crippen molar-refractivity contribution in [3.05, 3.63) is 72.3 Å². The van der Waals surface area contributed by atoms with Gasteiger partial charge >= 0.3 is 6.03 Å². The number of carbonyl (C=O) groups excluding carboxylic acids is 1. The summed E-state index contributed by atoms with van der Waals surface area (Å²) in [4.78, 5) is 11.9. The van der Waals surface area contributed by atoms with Gasteiger partial charge in [-0.05, 0) is 36.2 Å². The first-order chi connectivity index (χ1) is 12.2. The maximum Gasteiger partial charge on any atom is 0.315 e. The summed E-state index contributed by atoms with van der Waals surface area (Å²) in [6, 6.07) is 17.0. The third kappa shape index (κ3) is 5.09. The SMILES string of the molecule is O=C(NCc1ccc(Oc2ccccc2)cc1)N[C@@H]1C=C[C@H](CO)C1. The van der Waals surface area contributed by atoms with Gasteiger partial charge in [0, 0.05) is 25.1 Å². The molecule has 0 aliphatic heterocycles. The number of rotatable bonds is 6. The molecule has 0 bridgehead atoms. The Hall–Kier alpha value is -2.79. The third-order valence-corrected chi connectivity index (χ3v) is 4.08. The molecule has 2 aromatic carbocycles. The van der Waals surface area contributed by atoms with Crippen LogP contribution in [0.3, 0.4) is 0 Å². The lowest BCUT2D eigenvalue weighted by Crippen LogP contribution is -2.40. The molecule has 0 saturated carbocycles. The predicted octanol–water partition coefficient (Wildman–Crippen LogP) is 3.22. The van der Waals surface area contributed by atoms with Crippen LogP contribution in [-0.2, 0) is 6.54 Å². The Balaban J connectivity index is 1.44. The minimum Gasteiger partial charge on any atom is -0.457 e. The molecule has 25 heavy (non-hydrogen) atoms. The summed E-state index contributed by atoms with van der Waals surface area (Å²) in [6.07, 6.45) is 4.61. The van der Waals surface area contributed by atoms with E-state index in [2.05, 4.69) is 10.6 Å². The molecule has 0 spiro atoms. The number of amides is 2. The Morgan fingerprint density at radius 3 is 2.44 bits per heavy atom. The maximum atomic E-state index is 11.9. The summed E-state index contributed by atoms with van der Waals surface area (Å²) in [5.74, 6) is 1.69. The lowest BCUT2D eigenvalue weighted by Gasteiger charge is -2.14. The van der Waals surface area contributed by atoms with Crippen LogP contribution in [0.15, 0.2) is 66.7 Å². The Morgan fingerprint density at radius 2 is 1.76 bits per heavy atom. The lowest BCUT2D eigenvalue weighted by molar-refractivity contribution is 0.231. The van der Waals surface area contributed by atoms with E-state index in [1.165, 1.54) is 0 Å². The first-order valence-electron chi connectivity index (χ1n) is 8.38. The van der Waals surface area contributed by atoms with Crippen molar-refractivity contribution in [2.75, 3.05) is 6.61 Å². The van der Waals surface area contributed by atoms with Crippen LogP contribution in [0.1, 0.15) is 12.0 Å². The van der Waals surface area contributed by atoms with Gasteiger partial charge in [0.25, 0.3) is 0 Å². The zero-order chi connectivity index (χ0) is 17.5. The molecule has 130 valence electrons. The van der Waals surface area contributed by atoms with Gasteiger partial charge in [-0.15, -0.1) is 0 Å². The molecule has 0 radical (unpaired) electrons. The number of nitrogens with one attached hydrogen (secondary N) is 2. The molecule has 0 fully saturated rings. The molecule has 1 aliphatic rings. The molecule has 5 heteroatoms. The first-order valence-corrected chi connectivity index (χ1v) is 8.38. The van der Waals surface area contributed by atoms with Gasteiger partial charge in [0.05, 0.1) is 0 Å². The maximum absolute atomic E-state index is 11.9. The summed E-state index contributed by atoms with van der Waals surface area (Å²) in [5.41, 5.74) is 0.991. The highest BCUT2D eigenvalue weighted by molar-refractivity contribution is 5.74. The molecule has 2 atom stereocenters. The summed E-state index contributed by atoms with van der Waals surface area (Å²) in [5, 5.41) is 14.8. The summed E-state index contributed by atoms with van der Waals surface area (Å²) in [7, 11) is 0. The van der Waals surface area contributed by atoms with Gasteiger partial charge in [-0.2, -0.15) is 0 Å². The number of urea groups is 1. The van der Waals surface area contributed by atoms with Crippen molar-refractivity contribution in [1.82, 2.24) is 10.6 Å². The number of ether oxygens (including phenoxy) is 1. The largest absolute Gasteiger partial charge is 0.457 e. The van der Waals surface area contributed by atoms with Gasteiger partial charge in [0.1, 0.15) is 11.5 Å². The number of aliphatic hydroxyl groups excluding tert-OH is 1. The topological polar surface area (TPSA) is 70.6 Å². The van der Waals surface area contributed by atoms with Crippen molar-refractivity contribution in [3.63, 3.8) is 0 Å². The fourth-order valence-electron chi connectivity index (χ4n) is 2.72. The van der Waals surface area contributed by atoms with E-state index in [0.29, 0.717) is 6.54 Å². The number of carbonyl (C=O) groups is 1. The second-order valence-electron chi connectivity index (χ2n) is 6.06. The predicted molar refractivity (Wildman–Crippen MR) is 96.5 cm³/mol. The lowest BCUT2D eigenvalue weighted by atomic mass is 10.1. The van der Waals surface area contributed by atoms with Gasteiger partial charge < -0.3 is 20.5 Å². The highest BCUT2D eigenvalue weighted by Crippen LogP contribution is 2.21. The zero-order valence-electron chi connectivity index (χ0n) is 13.9. The average Bonchev–Trinajstić information content (AvgIpc) is 3.09. The first kappa shape index (κ1) is 17.0. The van der Waals surface area contributed by atoms with Crippen LogP contribution in [0, 0.1) is 5.92 Å². The Morgan fingerprint density at radius 1 is 1.04 bits per heavy atom. The number of benzene rings is 2. The Kier molecular flexibility index (Phi) is 5.69. The van der Waals surface area contributed by atoms with Crippen LogP contribution in [-0.4, -0.2) is 23.8 Å². The van der Waals surface area contributed by atoms with E-state index in [9.17, 15) is 4.79 Å². The van der Waals surface area contributed by atoms with Crippen LogP contribution in [0.4, 0.5) is 4.79 Å². The summed E-state index contributed by atoms with van der Waals surface area (Å²) >= 11 is 0. The van der Waals surface area contributed by atoms with E-state index in [-0.39, 0.29) is 24.6 Å². The second-order valence-corrected chi connectivity index (χ2v) is 6.06. The fraction of sp³-hybridized carbons (Fsp3) is 0.250. The minimum absolute atomic E-state index is 0.0150. The van der Waals surface area contributed by atoms with Gasteiger partial charge in [0.2, 0.25) is 0 Å². The average molecular weight is 338 g/mol. The summed E-state index contributed by atoms with van der Waals surface area (Å²) in [6.45, 7) is 0.561. The van der Waals surface area contributed by atoms with Crippen molar-refractivity contribution in [1.29, 1.82) is 0 Å². The monoisotopic (exact) mass is 338 g/mol. The Bertz CT molecular complexity index is 713. The van der Waals surface area contributed by atoms with E-state index in [4.69, 9.17) is 9.84 Å². The van der Waals surface area contributed by atoms with Gasteiger partial charge in [-0.1, -0.05) is 42.5 Å². The molecular weight excluding hydrogens is 316 g/mol. The molecule has 2 amide bonds. The second kappa shape index (κ2) is 8.35. The number of aliphatic hydroxyl groups is 1. The van der Waals surface area contributed by atoms with Crippen molar-refractivity contribution >= 4 is 6.03 Å². The van der Waals surface area contributed by atoms with Gasteiger partial charge in [-0.3, -0.25) is 0 Å². The standard InChI is InChI=1S/C20H22N2O3/c23-14-16-6-9-17(12-16)22-20(24)21-13-15-7-10-19(11-8-15)25-18-4-2-1-3-5-18/h1-11,16-17,23H,12-14H2,(H2,21,22,24)/t16-,17+/m0/s1. The highest BCUT2D eigenvalue weighted by Gasteiger charge is 2.19. The normalized spacial score (nSPS) is 18.8. The van der Waals surface area contributed by atoms with Crippen molar-refractivity contribution < 1.29 is 14.6 Å². The molecule has 0 unspecified atom stereocenters. The van der Waals surface area contributed by atoms with Crippen LogP contribution >= 0.6 is 0 Å². The van der Waals surface area contributed by atoms with E-state index < -0.39 is 0 Å². The highest BCUT2D eigenvalue weighted by atomic mass is 16.5. The van der Waals surface area contributed by atoms with Crippen molar-refractivity contribution in [2.24, 2.45) is 5.92 Å². The Labute approximate surface area is 147 Å². The van der Waals surface area contributed by atoms with Gasteiger partial charge in [0.15, 0.2) is 0 Å². The smallest absolute Gasteiger partial charge is 0.315 e. The van der Waals surface area contributed by atoms with E-state index in [0.717, 1.165) is 23.5 Å². The van der Waals surface area contributed by atoms with E-state index >= 15 is 0 Å². The molecular formula is C20H22N2O3. The molecule has 3 N–H and O–H groups in total. The van der Waals surface area contributed by atoms with Crippen LogP contribution in [0.2, 0.25) is 0 Å². The molecule has 5 nitrogen and oxygen atoms in total. The molecule has 0 heterocycles. The molecule has 1 aliphatic carbocycles. The minimum atomic E-state index is -0.210. The van der Waals surface area contributed by atoms with Crippen LogP contribution in [0.5, 0.6) is 11.5 Å². The fourth-order valence-corrected chi connectivity index (χ4v) is 2.72. The van der Waals surface area contributed by atoms with Gasteiger partial charge in [-0.25, -0.2) is 4.79 Å². The van der Waals surface area contributed by atoms with Crippen molar-refractivity contribution in [2.45, 2.75) is 19.0 Å². The molecule has 3 rings (SSSR count). The van der Waals surface area contributed by atoms with Crippen LogP contribution in [0.25, 0.3) is 0 Å². The van der Waals surface area contributed by atoms with Crippen LogP contribution < -0.4 is 15.4 Å². The van der Waals surface area contributed by atoms with Crippen molar-refractivity contribution in [3.8, 4) is 11.5 Å². The number of para-hydroxylation sites is 1. The molecule has 2 aromatic rings.